The smallest absolute Gasteiger partial charge is 0.548 e. The molecule has 0 radical (unpaired) electrons. The van der Waals surface area contributed by atoms with E-state index in [0.717, 1.165) is 6.42 Å². The van der Waals surface area contributed by atoms with Gasteiger partial charge in [0.25, 0.3) is 0 Å². The molecule has 1 rings (SSSR count). The molecule has 12 heavy (non-hydrogen) atoms. The quantitative estimate of drug-likeness (QED) is 0.398. The van der Waals surface area contributed by atoms with Crippen molar-refractivity contribution >= 4 is 11.9 Å². The number of carboxylic acid groups (broad SMARTS) is 1. The SMILES string of the molecule is CC(=O)N1CCC[C@H]1C(=O)[O-].[K+]. The van der Waals surface area contributed by atoms with Gasteiger partial charge in [0.2, 0.25) is 5.91 Å². The predicted molar refractivity (Wildman–Crippen MR) is 35.4 cm³/mol. The minimum absolute atomic E-state index is 0. The Hall–Kier alpha value is 0.576. The number of aliphatic carboxylic acids is 1. The van der Waals surface area contributed by atoms with E-state index in [1.54, 1.807) is 0 Å². The van der Waals surface area contributed by atoms with Crippen LogP contribution in [0.2, 0.25) is 0 Å². The number of hydrogen-bond acceptors (Lipinski definition) is 3. The van der Waals surface area contributed by atoms with E-state index in [-0.39, 0.29) is 57.3 Å². The molecule has 1 saturated heterocycles. The van der Waals surface area contributed by atoms with E-state index in [1.165, 1.54) is 11.8 Å². The van der Waals surface area contributed by atoms with Gasteiger partial charge in [-0.25, -0.2) is 0 Å². The summed E-state index contributed by atoms with van der Waals surface area (Å²) < 4.78 is 0. The molecule has 1 aliphatic heterocycles. The van der Waals surface area contributed by atoms with Crippen LogP contribution >= 0.6 is 0 Å². The Kier molecular flexibility index (Phi) is 5.59. The Morgan fingerprint density at radius 2 is 2.08 bits per heavy atom. The molecule has 0 aromatic rings. The van der Waals surface area contributed by atoms with Gasteiger partial charge in [-0.1, -0.05) is 0 Å². The molecule has 0 saturated carbocycles. The van der Waals surface area contributed by atoms with Gasteiger partial charge in [0.1, 0.15) is 0 Å². The molecule has 0 N–H and O–H groups in total. The summed E-state index contributed by atoms with van der Waals surface area (Å²) in [5, 5.41) is 10.4. The molecule has 0 unspecified atom stereocenters. The maximum Gasteiger partial charge on any atom is 1.00 e. The summed E-state index contributed by atoms with van der Waals surface area (Å²) in [7, 11) is 0. The Balaban J connectivity index is 0.00000121. The molecule has 1 heterocycles. The second kappa shape index (κ2) is 5.34. The number of carbonyl (C=O) groups is 2. The molecule has 0 aliphatic carbocycles. The van der Waals surface area contributed by atoms with E-state index in [0.29, 0.717) is 13.0 Å². The summed E-state index contributed by atoms with van der Waals surface area (Å²) in [5.41, 5.74) is 0. The summed E-state index contributed by atoms with van der Waals surface area (Å²) in [5.74, 6) is -1.32. The van der Waals surface area contributed by atoms with Gasteiger partial charge in [-0.05, 0) is 12.8 Å². The fourth-order valence-corrected chi connectivity index (χ4v) is 1.39. The van der Waals surface area contributed by atoms with Gasteiger partial charge < -0.3 is 14.8 Å². The standard InChI is InChI=1S/C7H11NO3.K/c1-5(9)8-4-2-3-6(8)7(10)11;/h6H,2-4H2,1H3,(H,10,11);/q;+1/p-1/t6-;/m0./s1. The van der Waals surface area contributed by atoms with Crippen LogP contribution in [0.15, 0.2) is 0 Å². The van der Waals surface area contributed by atoms with Gasteiger partial charge in [0.15, 0.2) is 0 Å². The number of carboxylic acids is 1. The van der Waals surface area contributed by atoms with Crippen molar-refractivity contribution in [2.24, 2.45) is 0 Å². The van der Waals surface area contributed by atoms with Crippen LogP contribution in [0.25, 0.3) is 0 Å². The third kappa shape index (κ3) is 2.81. The average molecular weight is 195 g/mol. The first kappa shape index (κ1) is 12.6. The van der Waals surface area contributed by atoms with Crippen LogP contribution in [-0.4, -0.2) is 29.4 Å². The van der Waals surface area contributed by atoms with Crippen LogP contribution in [0.1, 0.15) is 19.8 Å². The summed E-state index contributed by atoms with van der Waals surface area (Å²) in [6, 6.07) is -0.688. The normalized spacial score (nSPS) is 21.8. The van der Waals surface area contributed by atoms with Crippen molar-refractivity contribution in [2.75, 3.05) is 6.54 Å². The zero-order valence-electron chi connectivity index (χ0n) is 7.37. The van der Waals surface area contributed by atoms with Gasteiger partial charge >= 0.3 is 51.4 Å². The first-order chi connectivity index (χ1) is 5.13. The minimum Gasteiger partial charge on any atom is -0.548 e. The van der Waals surface area contributed by atoms with E-state index in [9.17, 15) is 14.7 Å². The van der Waals surface area contributed by atoms with Gasteiger partial charge in [0, 0.05) is 13.5 Å². The van der Waals surface area contributed by atoms with Crippen molar-refractivity contribution in [3.63, 3.8) is 0 Å². The predicted octanol–water partition coefficient (Wildman–Crippen LogP) is -4.25. The maximum atomic E-state index is 10.8. The van der Waals surface area contributed by atoms with Crippen LogP contribution in [0.3, 0.4) is 0 Å². The third-order valence-electron chi connectivity index (χ3n) is 1.93. The molecule has 1 amide bonds. The molecule has 4 nitrogen and oxygen atoms in total. The van der Waals surface area contributed by atoms with Crippen molar-refractivity contribution in [2.45, 2.75) is 25.8 Å². The molecule has 0 aromatic heterocycles. The summed E-state index contributed by atoms with van der Waals surface area (Å²) in [6.07, 6.45) is 1.29. The second-order valence-electron chi connectivity index (χ2n) is 2.69. The van der Waals surface area contributed by atoms with E-state index >= 15 is 0 Å². The zero-order chi connectivity index (χ0) is 8.43. The van der Waals surface area contributed by atoms with Gasteiger partial charge in [-0.15, -0.1) is 0 Å². The number of rotatable bonds is 1. The van der Waals surface area contributed by atoms with Gasteiger partial charge in [-0.2, -0.15) is 0 Å². The monoisotopic (exact) mass is 195 g/mol. The Morgan fingerprint density at radius 1 is 1.50 bits per heavy atom. The zero-order valence-corrected chi connectivity index (χ0v) is 10.5. The topological polar surface area (TPSA) is 60.4 Å². The summed E-state index contributed by atoms with van der Waals surface area (Å²) in [6.45, 7) is 1.93. The van der Waals surface area contributed by atoms with Crippen molar-refractivity contribution in [3.8, 4) is 0 Å². The molecule has 1 aliphatic rings. The molecule has 1 fully saturated rings. The second-order valence-corrected chi connectivity index (χ2v) is 2.69. The summed E-state index contributed by atoms with van der Waals surface area (Å²) >= 11 is 0. The maximum absolute atomic E-state index is 10.8. The molecule has 62 valence electrons. The van der Waals surface area contributed by atoms with Crippen molar-refractivity contribution in [1.82, 2.24) is 4.90 Å². The molecule has 5 heteroatoms. The van der Waals surface area contributed by atoms with Crippen LogP contribution in [0, 0.1) is 0 Å². The Morgan fingerprint density at radius 3 is 2.42 bits per heavy atom. The number of hydrogen-bond donors (Lipinski definition) is 0. The largest absolute Gasteiger partial charge is 1.00 e. The van der Waals surface area contributed by atoms with Crippen LogP contribution in [0.5, 0.6) is 0 Å². The molecular weight excluding hydrogens is 185 g/mol. The third-order valence-corrected chi connectivity index (χ3v) is 1.93. The van der Waals surface area contributed by atoms with Gasteiger partial charge in [-0.3, -0.25) is 4.79 Å². The first-order valence-electron chi connectivity index (χ1n) is 3.61. The Bertz CT molecular complexity index is 175. The molecular formula is C7H10KNO3. The summed E-state index contributed by atoms with van der Waals surface area (Å²) in [4.78, 5) is 22.5. The van der Waals surface area contributed by atoms with Crippen LogP contribution in [0.4, 0.5) is 0 Å². The molecule has 0 bridgehead atoms. The molecule has 1 atom stereocenters. The fraction of sp³-hybridized carbons (Fsp3) is 0.714. The number of likely N-dealkylation sites (tertiary alicyclic amines) is 1. The number of nitrogens with zero attached hydrogens (tertiary/aromatic N) is 1. The van der Waals surface area contributed by atoms with Crippen molar-refractivity contribution in [3.05, 3.63) is 0 Å². The van der Waals surface area contributed by atoms with E-state index in [2.05, 4.69) is 0 Å². The Labute approximate surface area is 114 Å². The van der Waals surface area contributed by atoms with E-state index < -0.39 is 12.0 Å². The van der Waals surface area contributed by atoms with Gasteiger partial charge in [0.05, 0.1) is 12.0 Å². The van der Waals surface area contributed by atoms with E-state index in [4.69, 9.17) is 0 Å². The minimum atomic E-state index is -1.14. The number of carbonyl (C=O) groups excluding carboxylic acids is 2. The fourth-order valence-electron chi connectivity index (χ4n) is 1.39. The van der Waals surface area contributed by atoms with E-state index in [1.807, 2.05) is 0 Å². The first-order valence-corrected chi connectivity index (χ1v) is 3.61. The number of amides is 1. The molecule has 0 aromatic carbocycles. The van der Waals surface area contributed by atoms with Crippen molar-refractivity contribution in [1.29, 1.82) is 0 Å². The molecule has 0 spiro atoms. The van der Waals surface area contributed by atoms with Crippen molar-refractivity contribution < 1.29 is 66.1 Å². The van der Waals surface area contributed by atoms with Crippen LogP contribution < -0.4 is 56.5 Å². The van der Waals surface area contributed by atoms with Crippen LogP contribution in [-0.2, 0) is 9.59 Å². The average Bonchev–Trinajstić information content (AvgIpc) is 2.32.